The first-order chi connectivity index (χ1) is 5.81. The van der Waals surface area contributed by atoms with Crippen LogP contribution in [-0.4, -0.2) is 23.5 Å². The van der Waals surface area contributed by atoms with E-state index >= 15 is 0 Å². The average Bonchev–Trinajstić information content (AvgIpc) is 2.58. The molecule has 2 aliphatic rings. The third-order valence-corrected chi connectivity index (χ3v) is 3.80. The zero-order valence-electron chi connectivity index (χ0n) is 8.72. The predicted octanol–water partition coefficient (Wildman–Crippen LogP) is 3.42. The molecule has 2 heteroatoms. The lowest BCUT2D eigenvalue weighted by Gasteiger charge is -2.41. The topological polar surface area (TPSA) is 3.24 Å². The fourth-order valence-corrected chi connectivity index (χ4v) is 2.89. The summed E-state index contributed by atoms with van der Waals surface area (Å²) in [5.41, 5.74) is 0.592. The molecule has 0 unspecified atom stereocenters. The predicted molar refractivity (Wildman–Crippen MR) is 67.7 cm³/mol. The maximum Gasteiger partial charge on any atom is 0.0181 e. The van der Waals surface area contributed by atoms with Crippen molar-refractivity contribution in [2.75, 3.05) is 13.1 Å². The van der Waals surface area contributed by atoms with Crippen LogP contribution in [0.25, 0.3) is 0 Å². The average molecular weight is 295 g/mol. The molecule has 0 aromatic heterocycles. The fraction of sp³-hybridized carbons (Fsp3) is 1.00. The first-order valence-corrected chi connectivity index (χ1v) is 5.56. The van der Waals surface area contributed by atoms with Gasteiger partial charge in [-0.3, -0.25) is 4.90 Å². The molecule has 1 aliphatic carbocycles. The van der Waals surface area contributed by atoms with Crippen molar-refractivity contribution in [1.82, 2.24) is 4.90 Å². The van der Waals surface area contributed by atoms with Gasteiger partial charge >= 0.3 is 0 Å². The van der Waals surface area contributed by atoms with Gasteiger partial charge in [0, 0.05) is 5.54 Å². The van der Waals surface area contributed by atoms with E-state index < -0.39 is 0 Å². The third-order valence-electron chi connectivity index (χ3n) is 3.80. The maximum absolute atomic E-state index is 2.74. The molecule has 0 amide bonds. The second-order valence-electron chi connectivity index (χ2n) is 4.75. The minimum absolute atomic E-state index is 0. The second-order valence-corrected chi connectivity index (χ2v) is 4.75. The van der Waals surface area contributed by atoms with Gasteiger partial charge < -0.3 is 0 Å². The molecule has 2 fully saturated rings. The SMILES string of the molecule is CC1(N2CCCC2)CCCCC1.I. The van der Waals surface area contributed by atoms with E-state index in [1.807, 2.05) is 0 Å². The highest BCUT2D eigenvalue weighted by atomic mass is 127. The van der Waals surface area contributed by atoms with Crippen LogP contribution >= 0.6 is 24.0 Å². The molecular formula is C11H22IN. The van der Waals surface area contributed by atoms with E-state index in [0.29, 0.717) is 5.54 Å². The van der Waals surface area contributed by atoms with Crippen molar-refractivity contribution in [2.24, 2.45) is 0 Å². The van der Waals surface area contributed by atoms with Gasteiger partial charge in [-0.15, -0.1) is 24.0 Å². The van der Waals surface area contributed by atoms with E-state index in [1.165, 1.54) is 58.0 Å². The van der Waals surface area contributed by atoms with Crippen LogP contribution < -0.4 is 0 Å². The van der Waals surface area contributed by atoms with Crippen molar-refractivity contribution in [3.05, 3.63) is 0 Å². The summed E-state index contributed by atoms with van der Waals surface area (Å²) in [7, 11) is 0. The monoisotopic (exact) mass is 295 g/mol. The molecule has 0 bridgehead atoms. The number of hydrogen-bond donors (Lipinski definition) is 0. The van der Waals surface area contributed by atoms with E-state index in [9.17, 15) is 0 Å². The largest absolute Gasteiger partial charge is 0.298 e. The standard InChI is InChI=1S/C11H21N.HI/c1-11(7-3-2-4-8-11)12-9-5-6-10-12;/h2-10H2,1H3;1H. The summed E-state index contributed by atoms with van der Waals surface area (Å²) in [4.78, 5) is 2.74. The van der Waals surface area contributed by atoms with Gasteiger partial charge in [0.05, 0.1) is 0 Å². The van der Waals surface area contributed by atoms with Crippen molar-refractivity contribution in [3.8, 4) is 0 Å². The number of nitrogens with zero attached hydrogens (tertiary/aromatic N) is 1. The van der Waals surface area contributed by atoms with Crippen LogP contribution in [0.1, 0.15) is 51.9 Å². The van der Waals surface area contributed by atoms with Crippen LogP contribution in [0.3, 0.4) is 0 Å². The Morgan fingerprint density at radius 3 is 1.92 bits per heavy atom. The first-order valence-electron chi connectivity index (χ1n) is 5.56. The third kappa shape index (κ3) is 2.58. The molecule has 1 aliphatic heterocycles. The molecular weight excluding hydrogens is 273 g/mol. The number of likely N-dealkylation sites (tertiary alicyclic amines) is 1. The Morgan fingerprint density at radius 2 is 1.38 bits per heavy atom. The highest BCUT2D eigenvalue weighted by molar-refractivity contribution is 14.0. The van der Waals surface area contributed by atoms with E-state index in [1.54, 1.807) is 0 Å². The first kappa shape index (κ1) is 11.8. The summed E-state index contributed by atoms with van der Waals surface area (Å²) >= 11 is 0. The molecule has 13 heavy (non-hydrogen) atoms. The van der Waals surface area contributed by atoms with E-state index in [4.69, 9.17) is 0 Å². The Labute approximate surface area is 99.3 Å². The Bertz CT molecular complexity index is 146. The number of rotatable bonds is 1. The van der Waals surface area contributed by atoms with Crippen molar-refractivity contribution >= 4 is 24.0 Å². The Balaban J connectivity index is 0.000000845. The Kier molecular flexibility index (Phi) is 4.49. The van der Waals surface area contributed by atoms with E-state index in [2.05, 4.69) is 11.8 Å². The summed E-state index contributed by atoms with van der Waals surface area (Å²) < 4.78 is 0. The molecule has 2 rings (SSSR count). The molecule has 0 spiro atoms. The molecule has 1 nitrogen and oxygen atoms in total. The Hall–Kier alpha value is 0.690. The Morgan fingerprint density at radius 1 is 0.846 bits per heavy atom. The van der Waals surface area contributed by atoms with Gasteiger partial charge in [0.15, 0.2) is 0 Å². The molecule has 0 N–H and O–H groups in total. The maximum atomic E-state index is 2.74. The van der Waals surface area contributed by atoms with Gasteiger partial charge in [0.2, 0.25) is 0 Å². The lowest BCUT2D eigenvalue weighted by molar-refractivity contribution is 0.0912. The van der Waals surface area contributed by atoms with Crippen LogP contribution in [0.4, 0.5) is 0 Å². The summed E-state index contributed by atoms with van der Waals surface area (Å²) in [5.74, 6) is 0. The van der Waals surface area contributed by atoms with Crippen LogP contribution in [0.5, 0.6) is 0 Å². The van der Waals surface area contributed by atoms with Crippen molar-refractivity contribution in [2.45, 2.75) is 57.4 Å². The number of hydrogen-bond acceptors (Lipinski definition) is 1. The quantitative estimate of drug-likeness (QED) is 0.670. The lowest BCUT2D eigenvalue weighted by Crippen LogP contribution is -2.45. The van der Waals surface area contributed by atoms with Gasteiger partial charge in [0.25, 0.3) is 0 Å². The van der Waals surface area contributed by atoms with Crippen molar-refractivity contribution in [1.29, 1.82) is 0 Å². The van der Waals surface area contributed by atoms with Gasteiger partial charge in [-0.25, -0.2) is 0 Å². The minimum atomic E-state index is 0. The normalized spacial score (nSPS) is 28.4. The van der Waals surface area contributed by atoms with Gasteiger partial charge in [-0.05, 0) is 45.7 Å². The van der Waals surface area contributed by atoms with Crippen LogP contribution in [0.15, 0.2) is 0 Å². The molecule has 0 radical (unpaired) electrons. The van der Waals surface area contributed by atoms with E-state index in [0.717, 1.165) is 0 Å². The zero-order chi connectivity index (χ0) is 8.44. The smallest absolute Gasteiger partial charge is 0.0181 e. The molecule has 1 saturated heterocycles. The van der Waals surface area contributed by atoms with Crippen LogP contribution in [-0.2, 0) is 0 Å². The van der Waals surface area contributed by atoms with Gasteiger partial charge in [-0.2, -0.15) is 0 Å². The van der Waals surface area contributed by atoms with Gasteiger partial charge in [-0.1, -0.05) is 19.3 Å². The summed E-state index contributed by atoms with van der Waals surface area (Å²) in [6.45, 7) is 5.23. The highest BCUT2D eigenvalue weighted by Crippen LogP contribution is 2.35. The van der Waals surface area contributed by atoms with E-state index in [-0.39, 0.29) is 24.0 Å². The summed E-state index contributed by atoms with van der Waals surface area (Å²) in [5, 5.41) is 0. The molecule has 78 valence electrons. The van der Waals surface area contributed by atoms with Crippen LogP contribution in [0, 0.1) is 0 Å². The molecule has 0 atom stereocenters. The second kappa shape index (κ2) is 4.96. The van der Waals surface area contributed by atoms with Crippen molar-refractivity contribution in [3.63, 3.8) is 0 Å². The zero-order valence-corrected chi connectivity index (χ0v) is 11.0. The lowest BCUT2D eigenvalue weighted by atomic mass is 9.82. The van der Waals surface area contributed by atoms with Gasteiger partial charge in [0.1, 0.15) is 0 Å². The molecule has 0 aromatic rings. The molecule has 0 aromatic carbocycles. The summed E-state index contributed by atoms with van der Waals surface area (Å²) in [6, 6.07) is 0. The summed E-state index contributed by atoms with van der Waals surface area (Å²) in [6.07, 6.45) is 10.2. The van der Waals surface area contributed by atoms with Crippen molar-refractivity contribution < 1.29 is 0 Å². The fourth-order valence-electron chi connectivity index (χ4n) is 2.89. The van der Waals surface area contributed by atoms with Crippen LogP contribution in [0.2, 0.25) is 0 Å². The number of halogens is 1. The molecule has 1 heterocycles. The minimum Gasteiger partial charge on any atom is -0.298 e. The molecule has 1 saturated carbocycles. The highest BCUT2D eigenvalue weighted by Gasteiger charge is 2.34.